The Kier molecular flexibility index (Phi) is 12.4. The number of hydrogen-bond acceptors (Lipinski definition) is 5. The topological polar surface area (TPSA) is 72.4 Å². The van der Waals surface area contributed by atoms with Crippen LogP contribution in [0.3, 0.4) is 0 Å². The highest BCUT2D eigenvalue weighted by atomic mass is 127. The number of carbonyl (C=O) groups is 1. The maximum absolute atomic E-state index is 11.9. The molecule has 2 unspecified atom stereocenters. The Labute approximate surface area is 193 Å². The Balaban J connectivity index is 0.00000420. The van der Waals surface area contributed by atoms with Gasteiger partial charge in [-0.1, -0.05) is 0 Å². The molecule has 170 valence electrons. The average Bonchev–Trinajstić information content (AvgIpc) is 2.67. The van der Waals surface area contributed by atoms with E-state index < -0.39 is 0 Å². The summed E-state index contributed by atoms with van der Waals surface area (Å²) in [5.41, 5.74) is 0. The lowest BCUT2D eigenvalue weighted by Gasteiger charge is -2.37. The standard InChI is InChI=1S/C20H40N6O2.HI/c1-6-21-20(22-13-16(2)26-11-12-28-15-17(26)3)23-18-7-9-25(10-8-18)14-19(27)24(4)5;/h16-18H,6-15H2,1-5H3,(H2,21,22,23);1H. The Bertz CT molecular complexity index is 511. The molecule has 1 amide bonds. The van der Waals surface area contributed by atoms with Crippen molar-refractivity contribution < 1.29 is 9.53 Å². The van der Waals surface area contributed by atoms with Gasteiger partial charge in [0.05, 0.1) is 26.3 Å². The van der Waals surface area contributed by atoms with E-state index in [9.17, 15) is 4.79 Å². The summed E-state index contributed by atoms with van der Waals surface area (Å²) in [5, 5.41) is 6.98. The summed E-state index contributed by atoms with van der Waals surface area (Å²) < 4.78 is 5.54. The second-order valence-electron chi connectivity index (χ2n) is 8.21. The quantitative estimate of drug-likeness (QED) is 0.292. The molecule has 2 aliphatic rings. The number of ether oxygens (including phenoxy) is 1. The predicted octanol–water partition coefficient (Wildman–Crippen LogP) is 0.821. The lowest BCUT2D eigenvalue weighted by molar-refractivity contribution is -0.130. The van der Waals surface area contributed by atoms with E-state index in [2.05, 4.69) is 41.2 Å². The van der Waals surface area contributed by atoms with Crippen LogP contribution in [0.25, 0.3) is 0 Å². The minimum atomic E-state index is 0. The van der Waals surface area contributed by atoms with E-state index >= 15 is 0 Å². The molecule has 0 aromatic heterocycles. The van der Waals surface area contributed by atoms with Gasteiger partial charge in [-0.2, -0.15) is 0 Å². The summed E-state index contributed by atoms with van der Waals surface area (Å²) >= 11 is 0. The van der Waals surface area contributed by atoms with Gasteiger partial charge in [-0.15, -0.1) is 24.0 Å². The van der Waals surface area contributed by atoms with Gasteiger partial charge in [0.2, 0.25) is 5.91 Å². The number of aliphatic imine (C=N–C) groups is 1. The van der Waals surface area contributed by atoms with Crippen molar-refractivity contribution in [1.29, 1.82) is 0 Å². The number of amides is 1. The normalized spacial score (nSPS) is 23.2. The van der Waals surface area contributed by atoms with Gasteiger partial charge in [-0.05, 0) is 33.6 Å². The third-order valence-electron chi connectivity index (χ3n) is 5.63. The fourth-order valence-corrected chi connectivity index (χ4v) is 3.80. The van der Waals surface area contributed by atoms with Crippen LogP contribution in [0.2, 0.25) is 0 Å². The van der Waals surface area contributed by atoms with Crippen molar-refractivity contribution in [2.75, 3.05) is 66.6 Å². The molecule has 2 atom stereocenters. The highest BCUT2D eigenvalue weighted by Gasteiger charge is 2.24. The molecule has 2 rings (SSSR count). The highest BCUT2D eigenvalue weighted by Crippen LogP contribution is 2.12. The van der Waals surface area contributed by atoms with Crippen molar-refractivity contribution in [3.8, 4) is 0 Å². The summed E-state index contributed by atoms with van der Waals surface area (Å²) in [5.74, 6) is 1.07. The largest absolute Gasteiger partial charge is 0.379 e. The molecule has 2 fully saturated rings. The molecular weight excluding hydrogens is 483 g/mol. The first kappa shape index (κ1) is 26.4. The SMILES string of the molecule is CCNC(=NCC(C)N1CCOCC1C)NC1CCN(CC(=O)N(C)C)CC1.I. The summed E-state index contributed by atoms with van der Waals surface area (Å²) in [6, 6.07) is 1.25. The molecule has 29 heavy (non-hydrogen) atoms. The van der Waals surface area contributed by atoms with E-state index in [1.165, 1.54) is 0 Å². The number of likely N-dealkylation sites (N-methyl/N-ethyl adjacent to an activating group) is 1. The Hall–Kier alpha value is -0.650. The van der Waals surface area contributed by atoms with E-state index in [1.807, 2.05) is 14.1 Å². The van der Waals surface area contributed by atoms with E-state index in [1.54, 1.807) is 4.90 Å². The molecule has 2 heterocycles. The molecule has 0 bridgehead atoms. The predicted molar refractivity (Wildman–Crippen MR) is 129 cm³/mol. The van der Waals surface area contributed by atoms with Crippen molar-refractivity contribution >= 4 is 35.8 Å². The number of rotatable bonds is 7. The number of morpholine rings is 1. The Morgan fingerprint density at radius 1 is 1.28 bits per heavy atom. The Morgan fingerprint density at radius 3 is 2.55 bits per heavy atom. The minimum absolute atomic E-state index is 0. The van der Waals surface area contributed by atoms with Gasteiger partial charge in [0.25, 0.3) is 0 Å². The average molecular weight is 524 g/mol. The van der Waals surface area contributed by atoms with E-state index in [4.69, 9.17) is 9.73 Å². The zero-order valence-electron chi connectivity index (χ0n) is 18.8. The van der Waals surface area contributed by atoms with Crippen LogP contribution in [0.4, 0.5) is 0 Å². The van der Waals surface area contributed by atoms with Gasteiger partial charge in [-0.3, -0.25) is 19.6 Å². The molecule has 2 N–H and O–H groups in total. The highest BCUT2D eigenvalue weighted by molar-refractivity contribution is 14.0. The summed E-state index contributed by atoms with van der Waals surface area (Å²) in [6.07, 6.45) is 2.06. The molecule has 0 saturated carbocycles. The molecular formula is C20H41IN6O2. The van der Waals surface area contributed by atoms with Crippen molar-refractivity contribution in [3.05, 3.63) is 0 Å². The molecule has 0 spiro atoms. The van der Waals surface area contributed by atoms with Crippen molar-refractivity contribution in [3.63, 3.8) is 0 Å². The maximum atomic E-state index is 11.9. The molecule has 2 saturated heterocycles. The first-order chi connectivity index (χ1) is 13.4. The minimum Gasteiger partial charge on any atom is -0.379 e. The van der Waals surface area contributed by atoms with Crippen molar-refractivity contribution in [2.24, 2.45) is 4.99 Å². The fraction of sp³-hybridized carbons (Fsp3) is 0.900. The molecule has 0 aromatic rings. The van der Waals surface area contributed by atoms with Gasteiger partial charge >= 0.3 is 0 Å². The summed E-state index contributed by atoms with van der Waals surface area (Å²) in [6.45, 7) is 13.2. The first-order valence-corrected chi connectivity index (χ1v) is 10.7. The van der Waals surface area contributed by atoms with Gasteiger partial charge in [0.15, 0.2) is 5.96 Å². The number of guanidine groups is 1. The van der Waals surface area contributed by atoms with Crippen LogP contribution in [0.1, 0.15) is 33.6 Å². The van der Waals surface area contributed by atoms with Crippen molar-refractivity contribution in [1.82, 2.24) is 25.3 Å². The molecule has 9 heteroatoms. The molecule has 8 nitrogen and oxygen atoms in total. The number of piperidine rings is 1. The smallest absolute Gasteiger partial charge is 0.236 e. The molecule has 0 radical (unpaired) electrons. The number of hydrogen-bond donors (Lipinski definition) is 2. The van der Waals surface area contributed by atoms with Crippen LogP contribution in [0.15, 0.2) is 4.99 Å². The number of nitrogens with zero attached hydrogens (tertiary/aromatic N) is 4. The molecule has 0 aliphatic carbocycles. The third kappa shape index (κ3) is 8.94. The second-order valence-corrected chi connectivity index (χ2v) is 8.21. The second kappa shape index (κ2) is 13.6. The van der Waals surface area contributed by atoms with Gasteiger partial charge in [-0.25, -0.2) is 0 Å². The Morgan fingerprint density at radius 2 is 1.97 bits per heavy atom. The van der Waals surface area contributed by atoms with Crippen molar-refractivity contribution in [2.45, 2.75) is 51.7 Å². The van der Waals surface area contributed by atoms with E-state index in [0.29, 0.717) is 24.7 Å². The number of carbonyl (C=O) groups excluding carboxylic acids is 1. The van der Waals surface area contributed by atoms with Gasteiger partial charge in [0, 0.05) is 58.4 Å². The van der Waals surface area contributed by atoms with Crippen LogP contribution < -0.4 is 10.6 Å². The monoisotopic (exact) mass is 524 g/mol. The molecule has 0 aromatic carbocycles. The first-order valence-electron chi connectivity index (χ1n) is 10.7. The number of likely N-dealkylation sites (tertiary alicyclic amines) is 1. The van der Waals surface area contributed by atoms with Gasteiger partial charge < -0.3 is 20.3 Å². The summed E-state index contributed by atoms with van der Waals surface area (Å²) in [4.78, 5) is 23.1. The third-order valence-corrected chi connectivity index (χ3v) is 5.63. The number of halogens is 1. The lowest BCUT2D eigenvalue weighted by Crippen LogP contribution is -2.51. The van der Waals surface area contributed by atoms with E-state index in [-0.39, 0.29) is 29.9 Å². The van der Waals surface area contributed by atoms with Crippen LogP contribution in [0.5, 0.6) is 0 Å². The van der Waals surface area contributed by atoms with Crippen LogP contribution >= 0.6 is 24.0 Å². The molecule has 2 aliphatic heterocycles. The maximum Gasteiger partial charge on any atom is 0.236 e. The zero-order chi connectivity index (χ0) is 20.5. The van der Waals surface area contributed by atoms with Crippen LogP contribution in [-0.4, -0.2) is 111 Å². The van der Waals surface area contributed by atoms with E-state index in [0.717, 1.165) is 64.7 Å². The van der Waals surface area contributed by atoms with Gasteiger partial charge in [0.1, 0.15) is 0 Å². The lowest BCUT2D eigenvalue weighted by atomic mass is 10.1. The fourth-order valence-electron chi connectivity index (χ4n) is 3.80. The zero-order valence-corrected chi connectivity index (χ0v) is 21.1. The summed E-state index contributed by atoms with van der Waals surface area (Å²) in [7, 11) is 3.63. The van der Waals surface area contributed by atoms with Crippen LogP contribution in [0, 0.1) is 0 Å². The number of nitrogens with one attached hydrogen (secondary N) is 2. The van der Waals surface area contributed by atoms with Crippen LogP contribution in [-0.2, 0) is 9.53 Å².